The van der Waals surface area contributed by atoms with Crippen LogP contribution in [-0.4, -0.2) is 36.5 Å². The number of hydrogen-bond acceptors (Lipinski definition) is 4. The molecule has 2 aromatic rings. The summed E-state index contributed by atoms with van der Waals surface area (Å²) in [6.07, 6.45) is 1.05. The van der Waals surface area contributed by atoms with Crippen molar-refractivity contribution in [3.05, 3.63) is 38.5 Å². The maximum absolute atomic E-state index is 4.34. The lowest BCUT2D eigenvalue weighted by Gasteiger charge is -2.21. The molecule has 0 aromatic carbocycles. The molecule has 0 aliphatic carbocycles. The summed E-state index contributed by atoms with van der Waals surface area (Å²) < 4.78 is 0. The predicted molar refractivity (Wildman–Crippen MR) is 87.7 cm³/mol. The van der Waals surface area contributed by atoms with Crippen LogP contribution in [0.25, 0.3) is 0 Å². The van der Waals surface area contributed by atoms with Gasteiger partial charge in [0.25, 0.3) is 0 Å². The van der Waals surface area contributed by atoms with Crippen molar-refractivity contribution in [3.63, 3.8) is 0 Å². The Bertz CT molecular complexity index is 545. The molecule has 0 spiro atoms. The number of aromatic nitrogens is 1. The van der Waals surface area contributed by atoms with Gasteiger partial charge in [0, 0.05) is 30.4 Å². The zero-order valence-corrected chi connectivity index (χ0v) is 13.7. The number of nitrogens with one attached hydrogen (secondary N) is 1. The molecule has 0 atom stereocenters. The van der Waals surface area contributed by atoms with Gasteiger partial charge in [-0.3, -0.25) is 4.99 Å². The van der Waals surface area contributed by atoms with Crippen LogP contribution < -0.4 is 5.32 Å². The van der Waals surface area contributed by atoms with Crippen LogP contribution in [-0.2, 0) is 13.0 Å². The predicted octanol–water partition coefficient (Wildman–Crippen LogP) is 2.76. The summed E-state index contributed by atoms with van der Waals surface area (Å²) in [5, 5.41) is 5.51. The molecule has 0 aliphatic heterocycles. The summed E-state index contributed by atoms with van der Waals surface area (Å²) in [5.74, 6) is 0.925. The molecule has 2 rings (SSSR count). The molecular weight excluding hydrogens is 288 g/mol. The Kier molecular flexibility index (Phi) is 5.55. The number of aryl methyl sites for hydroxylation is 1. The summed E-state index contributed by atoms with van der Waals surface area (Å²) in [7, 11) is 3.89. The third-order valence-corrected chi connectivity index (χ3v) is 4.97. The molecule has 0 fully saturated rings. The Labute approximate surface area is 128 Å². The lowest BCUT2D eigenvalue weighted by molar-refractivity contribution is 0.486. The van der Waals surface area contributed by atoms with Crippen LogP contribution in [0.2, 0.25) is 0 Å². The van der Waals surface area contributed by atoms with Crippen molar-refractivity contribution in [2.45, 2.75) is 19.9 Å². The van der Waals surface area contributed by atoms with Gasteiger partial charge in [0.2, 0.25) is 0 Å². The Hall–Kier alpha value is -1.40. The number of hydrogen-bond donors (Lipinski definition) is 1. The molecule has 0 unspecified atom stereocenters. The third kappa shape index (κ3) is 4.05. The second-order valence-corrected chi connectivity index (χ2v) is 6.48. The second-order valence-electron chi connectivity index (χ2n) is 4.51. The minimum absolute atomic E-state index is 0.784. The van der Waals surface area contributed by atoms with E-state index in [4.69, 9.17) is 0 Å². The van der Waals surface area contributed by atoms with E-state index in [-0.39, 0.29) is 0 Å². The van der Waals surface area contributed by atoms with Gasteiger partial charge in [0.15, 0.2) is 5.96 Å². The Morgan fingerprint density at radius 2 is 2.30 bits per heavy atom. The lowest BCUT2D eigenvalue weighted by atomic mass is 10.3. The highest BCUT2D eigenvalue weighted by molar-refractivity contribution is 7.10. The third-order valence-electron chi connectivity index (χ3n) is 3.10. The van der Waals surface area contributed by atoms with Crippen LogP contribution in [0.1, 0.15) is 15.4 Å². The Morgan fingerprint density at radius 3 is 2.90 bits per heavy atom. The molecular formula is C14H20N4S2. The zero-order valence-electron chi connectivity index (χ0n) is 12.1. The van der Waals surface area contributed by atoms with Gasteiger partial charge in [-0.1, -0.05) is 6.07 Å². The molecule has 0 saturated heterocycles. The van der Waals surface area contributed by atoms with E-state index in [1.165, 1.54) is 9.75 Å². The fraction of sp³-hybridized carbons (Fsp3) is 0.429. The fourth-order valence-electron chi connectivity index (χ4n) is 1.88. The number of guanidine groups is 1. The van der Waals surface area contributed by atoms with Gasteiger partial charge in [-0.25, -0.2) is 4.98 Å². The van der Waals surface area contributed by atoms with Gasteiger partial charge < -0.3 is 10.2 Å². The normalized spacial score (nSPS) is 11.7. The highest BCUT2D eigenvalue weighted by Gasteiger charge is 2.08. The van der Waals surface area contributed by atoms with Gasteiger partial charge in [-0.2, -0.15) is 0 Å². The number of nitrogens with zero attached hydrogens (tertiary/aromatic N) is 3. The van der Waals surface area contributed by atoms with Crippen molar-refractivity contribution in [2.75, 3.05) is 20.6 Å². The van der Waals surface area contributed by atoms with Gasteiger partial charge in [-0.15, -0.1) is 22.7 Å². The van der Waals surface area contributed by atoms with Crippen LogP contribution in [0, 0.1) is 6.92 Å². The first kappa shape index (κ1) is 15.0. The van der Waals surface area contributed by atoms with E-state index in [0.29, 0.717) is 0 Å². The van der Waals surface area contributed by atoms with E-state index in [1.54, 1.807) is 22.7 Å². The van der Waals surface area contributed by atoms with Crippen LogP contribution >= 0.6 is 22.7 Å². The van der Waals surface area contributed by atoms with Crippen LogP contribution in [0.3, 0.4) is 0 Å². The standard InChI is InChI=1S/C14H20N4S2/c1-11-13(20-10-17-11)9-16-14(15-2)18(3)7-6-12-5-4-8-19-12/h4-5,8,10H,6-7,9H2,1-3H3,(H,15,16). The fourth-order valence-corrected chi connectivity index (χ4v) is 3.29. The van der Waals surface area contributed by atoms with Crippen molar-refractivity contribution in [1.82, 2.24) is 15.2 Å². The van der Waals surface area contributed by atoms with Crippen molar-refractivity contribution < 1.29 is 0 Å². The summed E-state index contributed by atoms with van der Waals surface area (Å²) in [5.41, 5.74) is 2.98. The first-order valence-corrected chi connectivity index (χ1v) is 8.29. The summed E-state index contributed by atoms with van der Waals surface area (Å²) >= 11 is 3.48. The summed E-state index contributed by atoms with van der Waals surface area (Å²) in [6.45, 7) is 3.78. The molecule has 20 heavy (non-hydrogen) atoms. The van der Waals surface area contributed by atoms with Crippen LogP contribution in [0.15, 0.2) is 28.0 Å². The SMILES string of the molecule is CN=C(NCc1scnc1C)N(C)CCc1cccs1. The molecule has 1 N–H and O–H groups in total. The molecule has 2 heterocycles. The molecule has 0 aliphatic rings. The van der Waals surface area contributed by atoms with E-state index in [1.807, 2.05) is 19.5 Å². The van der Waals surface area contributed by atoms with Gasteiger partial charge in [0.05, 0.1) is 17.7 Å². The molecule has 0 bridgehead atoms. The maximum atomic E-state index is 4.34. The monoisotopic (exact) mass is 308 g/mol. The lowest BCUT2D eigenvalue weighted by Crippen LogP contribution is -2.39. The van der Waals surface area contributed by atoms with Gasteiger partial charge in [0.1, 0.15) is 0 Å². The molecule has 0 amide bonds. The van der Waals surface area contributed by atoms with E-state index >= 15 is 0 Å². The molecule has 0 radical (unpaired) electrons. The smallest absolute Gasteiger partial charge is 0.193 e. The summed E-state index contributed by atoms with van der Waals surface area (Å²) in [4.78, 5) is 13.4. The molecule has 6 heteroatoms. The maximum Gasteiger partial charge on any atom is 0.193 e. The van der Waals surface area contributed by atoms with Crippen molar-refractivity contribution >= 4 is 28.6 Å². The summed E-state index contributed by atoms with van der Waals surface area (Å²) in [6, 6.07) is 4.27. The molecule has 0 saturated carbocycles. The first-order valence-electron chi connectivity index (χ1n) is 6.54. The second kappa shape index (κ2) is 7.40. The average molecular weight is 308 g/mol. The molecule has 4 nitrogen and oxygen atoms in total. The highest BCUT2D eigenvalue weighted by atomic mass is 32.1. The number of likely N-dealkylation sites (N-methyl/N-ethyl adjacent to an activating group) is 1. The van der Waals surface area contributed by atoms with Gasteiger partial charge >= 0.3 is 0 Å². The van der Waals surface area contributed by atoms with Crippen LogP contribution in [0.5, 0.6) is 0 Å². The zero-order chi connectivity index (χ0) is 14.4. The van der Waals surface area contributed by atoms with E-state index in [2.05, 4.69) is 44.8 Å². The van der Waals surface area contributed by atoms with E-state index in [9.17, 15) is 0 Å². The van der Waals surface area contributed by atoms with E-state index < -0.39 is 0 Å². The number of aliphatic imine (C=N–C) groups is 1. The first-order chi connectivity index (χ1) is 9.70. The highest BCUT2D eigenvalue weighted by Crippen LogP contribution is 2.12. The Morgan fingerprint density at radius 1 is 1.45 bits per heavy atom. The topological polar surface area (TPSA) is 40.5 Å². The molecule has 2 aromatic heterocycles. The average Bonchev–Trinajstić information content (AvgIpc) is 3.09. The minimum atomic E-state index is 0.784. The minimum Gasteiger partial charge on any atom is -0.351 e. The quantitative estimate of drug-likeness (QED) is 0.682. The number of thiazole rings is 1. The number of rotatable bonds is 5. The Balaban J connectivity index is 1.83. The van der Waals surface area contributed by atoms with Crippen molar-refractivity contribution in [3.8, 4) is 0 Å². The van der Waals surface area contributed by atoms with Gasteiger partial charge in [-0.05, 0) is 24.8 Å². The molecule has 108 valence electrons. The number of thiophene rings is 1. The van der Waals surface area contributed by atoms with E-state index in [0.717, 1.165) is 31.2 Å². The van der Waals surface area contributed by atoms with Crippen molar-refractivity contribution in [1.29, 1.82) is 0 Å². The van der Waals surface area contributed by atoms with Crippen LogP contribution in [0.4, 0.5) is 0 Å². The largest absolute Gasteiger partial charge is 0.351 e. The van der Waals surface area contributed by atoms with Crippen molar-refractivity contribution in [2.24, 2.45) is 4.99 Å².